The minimum Gasteiger partial charge on any atom is -0.493 e. The van der Waals surface area contributed by atoms with E-state index in [4.69, 9.17) is 21.1 Å². The van der Waals surface area contributed by atoms with Crippen molar-refractivity contribution in [2.75, 3.05) is 27.3 Å². The van der Waals surface area contributed by atoms with Gasteiger partial charge in [0.25, 0.3) is 0 Å². The number of benzene rings is 1. The van der Waals surface area contributed by atoms with E-state index in [0.29, 0.717) is 28.4 Å². The first-order chi connectivity index (χ1) is 11.4. The van der Waals surface area contributed by atoms with Gasteiger partial charge in [-0.05, 0) is 23.5 Å². The van der Waals surface area contributed by atoms with Crippen LogP contribution in [0.4, 0.5) is 0 Å². The summed E-state index contributed by atoms with van der Waals surface area (Å²) >= 11 is 6.49. The monoisotopic (exact) mass is 354 g/mol. The SMILES string of the molecule is COc1ccc(CN2C[C@@H](NC(C)=O)[C@H](C(C)C)C2)c(Cl)c1OC. The molecule has 24 heavy (non-hydrogen) atoms. The van der Waals surface area contributed by atoms with Gasteiger partial charge >= 0.3 is 0 Å². The highest BCUT2D eigenvalue weighted by Gasteiger charge is 2.35. The van der Waals surface area contributed by atoms with Crippen molar-refractivity contribution in [1.29, 1.82) is 0 Å². The number of rotatable bonds is 6. The lowest BCUT2D eigenvalue weighted by Crippen LogP contribution is -2.40. The molecule has 0 spiro atoms. The number of ether oxygens (including phenoxy) is 2. The van der Waals surface area contributed by atoms with Crippen molar-refractivity contribution in [1.82, 2.24) is 10.2 Å². The molecule has 1 amide bonds. The molecule has 1 N–H and O–H groups in total. The van der Waals surface area contributed by atoms with Crippen molar-refractivity contribution >= 4 is 17.5 Å². The smallest absolute Gasteiger partial charge is 0.217 e. The van der Waals surface area contributed by atoms with Crippen molar-refractivity contribution in [3.05, 3.63) is 22.7 Å². The largest absolute Gasteiger partial charge is 0.493 e. The van der Waals surface area contributed by atoms with Crippen molar-refractivity contribution in [3.8, 4) is 11.5 Å². The van der Waals surface area contributed by atoms with Crippen molar-refractivity contribution in [3.63, 3.8) is 0 Å². The van der Waals surface area contributed by atoms with Crippen molar-refractivity contribution < 1.29 is 14.3 Å². The van der Waals surface area contributed by atoms with Crippen LogP contribution in [0.5, 0.6) is 11.5 Å². The molecule has 1 aliphatic rings. The Balaban J connectivity index is 2.15. The number of carbonyl (C=O) groups is 1. The highest BCUT2D eigenvalue weighted by Crippen LogP contribution is 2.38. The van der Waals surface area contributed by atoms with Crippen LogP contribution in [0.2, 0.25) is 5.02 Å². The molecule has 1 heterocycles. The second-order valence-corrected chi connectivity index (χ2v) is 7.06. The molecule has 6 heteroatoms. The Morgan fingerprint density at radius 3 is 2.58 bits per heavy atom. The number of hydrogen-bond acceptors (Lipinski definition) is 4. The molecule has 5 nitrogen and oxygen atoms in total. The maximum atomic E-state index is 11.5. The molecule has 134 valence electrons. The Hall–Kier alpha value is -1.46. The molecular formula is C18H27ClN2O3. The van der Waals surface area contributed by atoms with Crippen LogP contribution in [0, 0.1) is 11.8 Å². The van der Waals surface area contributed by atoms with E-state index < -0.39 is 0 Å². The normalized spacial score (nSPS) is 21.1. The molecule has 2 rings (SSSR count). The lowest BCUT2D eigenvalue weighted by molar-refractivity contribution is -0.119. The summed E-state index contributed by atoms with van der Waals surface area (Å²) in [4.78, 5) is 13.8. The van der Waals surface area contributed by atoms with Gasteiger partial charge in [-0.2, -0.15) is 0 Å². The first-order valence-electron chi connectivity index (χ1n) is 8.26. The predicted molar refractivity (Wildman–Crippen MR) is 95.8 cm³/mol. The van der Waals surface area contributed by atoms with Gasteiger partial charge in [-0.1, -0.05) is 31.5 Å². The summed E-state index contributed by atoms with van der Waals surface area (Å²) in [6.07, 6.45) is 0. The van der Waals surface area contributed by atoms with E-state index in [1.165, 1.54) is 0 Å². The Bertz CT molecular complexity index is 592. The van der Waals surface area contributed by atoms with Crippen LogP contribution in [-0.4, -0.2) is 44.2 Å². The summed E-state index contributed by atoms with van der Waals surface area (Å²) < 4.78 is 10.7. The van der Waals surface area contributed by atoms with Gasteiger partial charge in [0, 0.05) is 32.6 Å². The summed E-state index contributed by atoms with van der Waals surface area (Å²) in [6.45, 7) is 8.46. The number of nitrogens with zero attached hydrogens (tertiary/aromatic N) is 1. The van der Waals surface area contributed by atoms with Gasteiger partial charge in [-0.25, -0.2) is 0 Å². The summed E-state index contributed by atoms with van der Waals surface area (Å²) in [5.41, 5.74) is 1.00. The quantitative estimate of drug-likeness (QED) is 0.853. The average molecular weight is 355 g/mol. The summed E-state index contributed by atoms with van der Waals surface area (Å²) in [5, 5.41) is 3.67. The fraction of sp³-hybridized carbons (Fsp3) is 0.611. The molecule has 1 aromatic rings. The molecule has 0 unspecified atom stereocenters. The lowest BCUT2D eigenvalue weighted by Gasteiger charge is -2.22. The maximum absolute atomic E-state index is 11.5. The fourth-order valence-electron chi connectivity index (χ4n) is 3.42. The van der Waals surface area contributed by atoms with Gasteiger partial charge in [0.2, 0.25) is 5.91 Å². The van der Waals surface area contributed by atoms with Crippen LogP contribution in [-0.2, 0) is 11.3 Å². The molecule has 1 saturated heterocycles. The van der Waals surface area contributed by atoms with Crippen LogP contribution in [0.15, 0.2) is 12.1 Å². The Labute approximate surface area is 149 Å². The van der Waals surface area contributed by atoms with Gasteiger partial charge in [-0.3, -0.25) is 9.69 Å². The van der Waals surface area contributed by atoms with Crippen LogP contribution < -0.4 is 14.8 Å². The molecular weight excluding hydrogens is 328 g/mol. The fourth-order valence-corrected chi connectivity index (χ4v) is 3.72. The first kappa shape index (κ1) is 18.9. The molecule has 2 atom stereocenters. The van der Waals surface area contributed by atoms with E-state index in [1.807, 2.05) is 12.1 Å². The van der Waals surface area contributed by atoms with E-state index in [2.05, 4.69) is 24.1 Å². The van der Waals surface area contributed by atoms with E-state index in [9.17, 15) is 4.79 Å². The van der Waals surface area contributed by atoms with Crippen molar-refractivity contribution in [2.24, 2.45) is 11.8 Å². The zero-order chi connectivity index (χ0) is 17.9. The number of likely N-dealkylation sites (tertiary alicyclic amines) is 1. The molecule has 0 saturated carbocycles. The molecule has 0 radical (unpaired) electrons. The molecule has 1 aromatic carbocycles. The van der Waals surface area contributed by atoms with Crippen LogP contribution in [0.25, 0.3) is 0 Å². The Kier molecular flexibility index (Phi) is 6.35. The number of methoxy groups -OCH3 is 2. The zero-order valence-corrected chi connectivity index (χ0v) is 15.8. The zero-order valence-electron chi connectivity index (χ0n) is 15.1. The molecule has 1 fully saturated rings. The van der Waals surface area contributed by atoms with E-state index >= 15 is 0 Å². The summed E-state index contributed by atoms with van der Waals surface area (Å²) in [5.74, 6) is 2.16. The maximum Gasteiger partial charge on any atom is 0.217 e. The predicted octanol–water partition coefficient (Wildman–Crippen LogP) is 2.95. The van der Waals surface area contributed by atoms with Crippen LogP contribution >= 0.6 is 11.6 Å². The second-order valence-electron chi connectivity index (χ2n) is 6.68. The third kappa shape index (κ3) is 4.14. The molecule has 0 aliphatic carbocycles. The van der Waals surface area contributed by atoms with Crippen LogP contribution in [0.1, 0.15) is 26.3 Å². The minimum absolute atomic E-state index is 0.0247. The number of amides is 1. The molecule has 1 aliphatic heterocycles. The van der Waals surface area contributed by atoms with Gasteiger partial charge < -0.3 is 14.8 Å². The topological polar surface area (TPSA) is 50.8 Å². The van der Waals surface area contributed by atoms with Gasteiger partial charge in [0.1, 0.15) is 0 Å². The standard InChI is InChI=1S/C18H27ClN2O3/c1-11(2)14-9-21(10-15(14)20-12(3)22)8-13-6-7-16(23-4)18(24-5)17(13)19/h6-7,11,14-15H,8-10H2,1-5H3,(H,20,22)/t14-,15+/m0/s1. The molecule has 0 aromatic heterocycles. The van der Waals surface area contributed by atoms with Gasteiger partial charge in [0.15, 0.2) is 11.5 Å². The van der Waals surface area contributed by atoms with Gasteiger partial charge in [0.05, 0.1) is 19.2 Å². The third-order valence-electron chi connectivity index (χ3n) is 4.64. The lowest BCUT2D eigenvalue weighted by atomic mass is 9.91. The average Bonchev–Trinajstić information content (AvgIpc) is 2.91. The van der Waals surface area contributed by atoms with Crippen LogP contribution in [0.3, 0.4) is 0 Å². The first-order valence-corrected chi connectivity index (χ1v) is 8.64. The number of carbonyl (C=O) groups excluding carboxylic acids is 1. The third-order valence-corrected chi connectivity index (χ3v) is 5.06. The Morgan fingerprint density at radius 1 is 1.33 bits per heavy atom. The minimum atomic E-state index is 0.0247. The highest BCUT2D eigenvalue weighted by atomic mass is 35.5. The number of nitrogens with one attached hydrogen (secondary N) is 1. The van der Waals surface area contributed by atoms with Gasteiger partial charge in [-0.15, -0.1) is 0 Å². The summed E-state index contributed by atoms with van der Waals surface area (Å²) in [6, 6.07) is 4.03. The van der Waals surface area contributed by atoms with E-state index in [-0.39, 0.29) is 11.9 Å². The molecule has 0 bridgehead atoms. The van der Waals surface area contributed by atoms with E-state index in [1.54, 1.807) is 21.1 Å². The van der Waals surface area contributed by atoms with Crippen molar-refractivity contribution in [2.45, 2.75) is 33.4 Å². The van der Waals surface area contributed by atoms with E-state index in [0.717, 1.165) is 25.2 Å². The Morgan fingerprint density at radius 2 is 2.04 bits per heavy atom. The highest BCUT2D eigenvalue weighted by molar-refractivity contribution is 6.33. The summed E-state index contributed by atoms with van der Waals surface area (Å²) in [7, 11) is 3.19. The number of halogens is 1. The second kappa shape index (κ2) is 8.08. The number of hydrogen-bond donors (Lipinski definition) is 1.